The van der Waals surface area contributed by atoms with Crippen LogP contribution in [0, 0.1) is 5.92 Å². The van der Waals surface area contributed by atoms with E-state index in [1.807, 2.05) is 0 Å². The van der Waals surface area contributed by atoms with Gasteiger partial charge in [-0.3, -0.25) is 0 Å². The van der Waals surface area contributed by atoms with Gasteiger partial charge in [0.1, 0.15) is 48.8 Å². The van der Waals surface area contributed by atoms with Crippen molar-refractivity contribution < 1.29 is 75.1 Å². The molecular formula is C21H39NO15. The van der Waals surface area contributed by atoms with Crippen molar-refractivity contribution in [3.8, 4) is 0 Å². The molecule has 0 radical (unpaired) electrons. The van der Waals surface area contributed by atoms with Gasteiger partial charge in [0.05, 0.1) is 50.8 Å². The molecule has 0 spiro atoms. The van der Waals surface area contributed by atoms with Gasteiger partial charge >= 0.3 is 0 Å². The van der Waals surface area contributed by atoms with E-state index in [9.17, 15) is 56.2 Å². The first kappa shape index (κ1) is 30.9. The van der Waals surface area contributed by atoms with Crippen LogP contribution in [0.25, 0.3) is 0 Å². The maximum Gasteiger partial charge on any atom is 0.187 e. The lowest BCUT2D eigenvalue weighted by Crippen LogP contribution is -2.64. The maximum absolute atomic E-state index is 10.7. The van der Waals surface area contributed by atoms with Crippen molar-refractivity contribution in [2.75, 3.05) is 26.4 Å². The fourth-order valence-corrected chi connectivity index (χ4v) is 4.94. The zero-order valence-corrected chi connectivity index (χ0v) is 20.1. The van der Waals surface area contributed by atoms with Crippen molar-refractivity contribution in [2.45, 2.75) is 98.7 Å². The summed E-state index contributed by atoms with van der Waals surface area (Å²) in [6.45, 7) is -0.968. The number of hydrogen-bond donors (Lipinski definition) is 12. The molecule has 0 amide bonds. The summed E-state index contributed by atoms with van der Waals surface area (Å²) in [5.41, 5.74) is 0. The van der Waals surface area contributed by atoms with E-state index in [2.05, 4.69) is 5.32 Å². The Hall–Kier alpha value is -0.640. The Morgan fingerprint density at radius 2 is 1.19 bits per heavy atom. The van der Waals surface area contributed by atoms with E-state index >= 15 is 0 Å². The Bertz CT molecular complexity index is 701. The third-order valence-electron chi connectivity index (χ3n) is 7.23. The number of hydrogen-bond acceptors (Lipinski definition) is 16. The summed E-state index contributed by atoms with van der Waals surface area (Å²) in [4.78, 5) is 0. The predicted molar refractivity (Wildman–Crippen MR) is 117 cm³/mol. The number of aliphatic hydroxyl groups excluding tert-OH is 11. The summed E-state index contributed by atoms with van der Waals surface area (Å²) < 4.78 is 22.1. The SMILES string of the molecule is C[C@H]1O[C@@H](O[C@H]2[C@H](O)[C@@H](O)[C@@H](O[C@H]3[C@@H](O)[C@@H](O)[C@H](NC(CO)CO)[C@@H]3CO)O[C@@H]2CO)[C@H](O)[C@@H](O)[C@@H]1O. The van der Waals surface area contributed by atoms with Crippen LogP contribution in [-0.2, 0) is 18.9 Å². The minimum atomic E-state index is -1.85. The van der Waals surface area contributed by atoms with Crippen LogP contribution >= 0.6 is 0 Å². The van der Waals surface area contributed by atoms with E-state index in [4.69, 9.17) is 18.9 Å². The molecule has 3 rings (SSSR count). The van der Waals surface area contributed by atoms with E-state index in [1.165, 1.54) is 6.92 Å². The molecule has 3 aliphatic rings. The molecule has 2 heterocycles. The first-order valence-electron chi connectivity index (χ1n) is 12.1. The van der Waals surface area contributed by atoms with Crippen LogP contribution in [-0.4, -0.2) is 174 Å². The molecule has 0 aromatic rings. The van der Waals surface area contributed by atoms with Crippen LogP contribution in [0.4, 0.5) is 0 Å². The highest BCUT2D eigenvalue weighted by Gasteiger charge is 2.55. The average Bonchev–Trinajstić information content (AvgIpc) is 3.11. The quantitative estimate of drug-likeness (QED) is 0.121. The highest BCUT2D eigenvalue weighted by Crippen LogP contribution is 2.35. The average molecular weight is 546 g/mol. The maximum atomic E-state index is 10.7. The Kier molecular flexibility index (Phi) is 11.0. The first-order chi connectivity index (χ1) is 17.5. The normalized spacial score (nSPS) is 49.1. The second-order valence-electron chi connectivity index (χ2n) is 9.67. The van der Waals surface area contributed by atoms with Crippen LogP contribution in [0.1, 0.15) is 6.92 Å². The molecule has 16 nitrogen and oxygen atoms in total. The topological polar surface area (TPSA) is 271 Å². The molecular weight excluding hydrogens is 506 g/mol. The van der Waals surface area contributed by atoms with Crippen molar-refractivity contribution in [3.05, 3.63) is 0 Å². The van der Waals surface area contributed by atoms with Gasteiger partial charge in [0.2, 0.25) is 0 Å². The van der Waals surface area contributed by atoms with Gasteiger partial charge < -0.3 is 80.4 Å². The van der Waals surface area contributed by atoms with Crippen molar-refractivity contribution in [1.82, 2.24) is 5.32 Å². The van der Waals surface area contributed by atoms with Crippen molar-refractivity contribution >= 4 is 0 Å². The van der Waals surface area contributed by atoms with Crippen LogP contribution < -0.4 is 5.32 Å². The van der Waals surface area contributed by atoms with Crippen LogP contribution in [0.3, 0.4) is 0 Å². The molecule has 218 valence electrons. The lowest BCUT2D eigenvalue weighted by Gasteiger charge is -2.46. The Labute approximate surface area is 212 Å². The lowest BCUT2D eigenvalue weighted by molar-refractivity contribution is -0.363. The van der Waals surface area contributed by atoms with Gasteiger partial charge in [-0.15, -0.1) is 0 Å². The Morgan fingerprint density at radius 3 is 1.76 bits per heavy atom. The third-order valence-corrected chi connectivity index (χ3v) is 7.23. The highest BCUT2D eigenvalue weighted by molar-refractivity contribution is 5.04. The minimum absolute atomic E-state index is 0.496. The van der Waals surface area contributed by atoms with Crippen LogP contribution in [0.15, 0.2) is 0 Å². The third kappa shape index (κ3) is 6.25. The molecule has 1 saturated carbocycles. The molecule has 2 saturated heterocycles. The molecule has 2 aliphatic heterocycles. The van der Waals surface area contributed by atoms with E-state index in [1.54, 1.807) is 0 Å². The first-order valence-corrected chi connectivity index (χ1v) is 12.1. The zero-order valence-electron chi connectivity index (χ0n) is 20.1. The van der Waals surface area contributed by atoms with Crippen LogP contribution in [0.2, 0.25) is 0 Å². The number of aliphatic hydroxyl groups is 11. The van der Waals surface area contributed by atoms with Gasteiger partial charge in [-0.25, -0.2) is 0 Å². The molecule has 1 aliphatic carbocycles. The molecule has 12 N–H and O–H groups in total. The summed E-state index contributed by atoms with van der Waals surface area (Å²) in [5, 5.41) is 114. The fraction of sp³-hybridized carbons (Fsp3) is 1.00. The molecule has 0 aromatic heterocycles. The number of rotatable bonds is 10. The molecule has 0 bridgehead atoms. The second kappa shape index (κ2) is 13.1. The molecule has 15 atom stereocenters. The Balaban J connectivity index is 1.71. The number of ether oxygens (including phenoxy) is 4. The monoisotopic (exact) mass is 545 g/mol. The van der Waals surface area contributed by atoms with Gasteiger partial charge in [0.25, 0.3) is 0 Å². The van der Waals surface area contributed by atoms with Gasteiger partial charge in [-0.1, -0.05) is 0 Å². The summed E-state index contributed by atoms with van der Waals surface area (Å²) in [6, 6.07) is -1.90. The number of nitrogens with one attached hydrogen (secondary N) is 1. The standard InChI is InChI=1S/C21H39NO15/c1-6-11(27)13(29)16(32)20(34-6)37-19-9(5-26)35-21(17(33)15(19)31)36-18-8(4-25)10(12(28)14(18)30)22-7(2-23)3-24/h6-33H,2-5H2,1H3/t6-,8+,9-,10-,11-,12+,13+,14+,15-,16-,17-,18-,19-,20+,21-/m1/s1. The zero-order chi connectivity index (χ0) is 27.6. The van der Waals surface area contributed by atoms with Crippen molar-refractivity contribution in [2.24, 2.45) is 5.92 Å². The summed E-state index contributed by atoms with van der Waals surface area (Å²) in [6.07, 6.45) is -19.9. The molecule has 3 fully saturated rings. The summed E-state index contributed by atoms with van der Waals surface area (Å²) >= 11 is 0. The van der Waals surface area contributed by atoms with E-state index in [-0.39, 0.29) is 0 Å². The van der Waals surface area contributed by atoms with Crippen LogP contribution in [0.5, 0.6) is 0 Å². The fourth-order valence-electron chi connectivity index (χ4n) is 4.94. The van der Waals surface area contributed by atoms with E-state index in [0.29, 0.717) is 0 Å². The van der Waals surface area contributed by atoms with Gasteiger partial charge in [-0.2, -0.15) is 0 Å². The lowest BCUT2D eigenvalue weighted by atomic mass is 9.97. The molecule has 37 heavy (non-hydrogen) atoms. The van der Waals surface area contributed by atoms with Crippen molar-refractivity contribution in [3.63, 3.8) is 0 Å². The molecule has 0 unspecified atom stereocenters. The molecule has 16 heteroatoms. The van der Waals surface area contributed by atoms with E-state index < -0.39 is 124 Å². The smallest absolute Gasteiger partial charge is 0.187 e. The largest absolute Gasteiger partial charge is 0.396 e. The van der Waals surface area contributed by atoms with Crippen molar-refractivity contribution in [1.29, 1.82) is 0 Å². The van der Waals surface area contributed by atoms with Gasteiger partial charge in [-0.05, 0) is 6.92 Å². The van der Waals surface area contributed by atoms with E-state index in [0.717, 1.165) is 0 Å². The van der Waals surface area contributed by atoms with Gasteiger partial charge in [0.15, 0.2) is 12.6 Å². The Morgan fingerprint density at radius 1 is 0.649 bits per heavy atom. The summed E-state index contributed by atoms with van der Waals surface area (Å²) in [5.74, 6) is -1.000. The highest BCUT2D eigenvalue weighted by atomic mass is 16.7. The van der Waals surface area contributed by atoms with Gasteiger partial charge in [0, 0.05) is 12.0 Å². The minimum Gasteiger partial charge on any atom is -0.396 e. The summed E-state index contributed by atoms with van der Waals surface area (Å²) in [7, 11) is 0. The predicted octanol–water partition coefficient (Wildman–Crippen LogP) is -7.32. The second-order valence-corrected chi connectivity index (χ2v) is 9.67. The molecule has 0 aromatic carbocycles.